The fraction of sp³-hybridized carbons (Fsp3) is 0.625. The smallest absolute Gasteiger partial charge is 0.119 e. The first kappa shape index (κ1) is 9.64. The highest BCUT2D eigenvalue weighted by Crippen LogP contribution is 2.15. The Balaban J connectivity index is 2.52. The molecule has 1 rings (SSSR count). The summed E-state index contributed by atoms with van der Waals surface area (Å²) in [6, 6.07) is 0.0247. The van der Waals surface area contributed by atoms with Gasteiger partial charge in [0.25, 0.3) is 0 Å². The summed E-state index contributed by atoms with van der Waals surface area (Å²) in [6.45, 7) is 5.24. The molecule has 1 aromatic rings. The van der Waals surface area contributed by atoms with Gasteiger partial charge in [0.2, 0.25) is 0 Å². The van der Waals surface area contributed by atoms with Gasteiger partial charge in [-0.1, -0.05) is 0 Å². The normalized spacial score (nSPS) is 13.2. The SMILES string of the molecule is CCOCc1nc(C(C)N)cs1. The highest BCUT2D eigenvalue weighted by Gasteiger charge is 2.04. The maximum atomic E-state index is 5.66. The van der Waals surface area contributed by atoms with Gasteiger partial charge in [0, 0.05) is 18.0 Å². The van der Waals surface area contributed by atoms with Gasteiger partial charge in [-0.25, -0.2) is 4.98 Å². The van der Waals surface area contributed by atoms with E-state index in [2.05, 4.69) is 4.98 Å². The predicted molar refractivity (Wildman–Crippen MR) is 50.0 cm³/mol. The number of aromatic nitrogens is 1. The van der Waals surface area contributed by atoms with Crippen LogP contribution in [0.4, 0.5) is 0 Å². The molecule has 68 valence electrons. The lowest BCUT2D eigenvalue weighted by Gasteiger charge is -1.98. The second-order valence-corrected chi connectivity index (χ2v) is 3.53. The Bertz CT molecular complexity index is 235. The molecule has 0 amide bonds. The van der Waals surface area contributed by atoms with Gasteiger partial charge >= 0.3 is 0 Å². The molecule has 0 spiro atoms. The third-order valence-corrected chi connectivity index (χ3v) is 2.31. The number of hydrogen-bond acceptors (Lipinski definition) is 4. The van der Waals surface area contributed by atoms with Gasteiger partial charge in [0.15, 0.2) is 0 Å². The molecule has 0 aromatic carbocycles. The lowest BCUT2D eigenvalue weighted by Crippen LogP contribution is -2.05. The van der Waals surface area contributed by atoms with Crippen LogP contribution in [0.1, 0.15) is 30.6 Å². The summed E-state index contributed by atoms with van der Waals surface area (Å²) >= 11 is 1.60. The number of thiazole rings is 1. The van der Waals surface area contributed by atoms with Gasteiger partial charge in [-0.2, -0.15) is 0 Å². The van der Waals surface area contributed by atoms with Crippen LogP contribution in [0.2, 0.25) is 0 Å². The van der Waals surface area contributed by atoms with Crippen molar-refractivity contribution in [3.05, 3.63) is 16.1 Å². The van der Waals surface area contributed by atoms with Crippen molar-refractivity contribution in [2.24, 2.45) is 5.73 Å². The summed E-state index contributed by atoms with van der Waals surface area (Å²) in [7, 11) is 0. The van der Waals surface area contributed by atoms with E-state index < -0.39 is 0 Å². The Morgan fingerprint density at radius 3 is 3.00 bits per heavy atom. The van der Waals surface area contributed by atoms with Crippen molar-refractivity contribution >= 4 is 11.3 Å². The average molecular weight is 186 g/mol. The van der Waals surface area contributed by atoms with Gasteiger partial charge in [-0.3, -0.25) is 0 Å². The molecule has 12 heavy (non-hydrogen) atoms. The molecule has 0 fully saturated rings. The van der Waals surface area contributed by atoms with E-state index in [9.17, 15) is 0 Å². The second-order valence-electron chi connectivity index (χ2n) is 2.59. The molecule has 1 aromatic heterocycles. The van der Waals surface area contributed by atoms with E-state index in [-0.39, 0.29) is 6.04 Å². The third-order valence-electron chi connectivity index (χ3n) is 1.47. The molecule has 1 unspecified atom stereocenters. The second kappa shape index (κ2) is 4.54. The van der Waals surface area contributed by atoms with Crippen LogP contribution in [0.5, 0.6) is 0 Å². The van der Waals surface area contributed by atoms with Crippen LogP contribution in [0.15, 0.2) is 5.38 Å². The summed E-state index contributed by atoms with van der Waals surface area (Å²) in [6.07, 6.45) is 0. The largest absolute Gasteiger partial charge is 0.375 e. The maximum absolute atomic E-state index is 5.66. The monoisotopic (exact) mass is 186 g/mol. The quantitative estimate of drug-likeness (QED) is 0.778. The van der Waals surface area contributed by atoms with E-state index in [1.165, 1.54) is 0 Å². The molecule has 4 heteroatoms. The molecule has 0 bridgehead atoms. The van der Waals surface area contributed by atoms with E-state index in [0.29, 0.717) is 6.61 Å². The van der Waals surface area contributed by atoms with Gasteiger partial charge in [-0.05, 0) is 13.8 Å². The minimum Gasteiger partial charge on any atom is -0.375 e. The molecule has 0 saturated carbocycles. The van der Waals surface area contributed by atoms with Crippen LogP contribution < -0.4 is 5.73 Å². The van der Waals surface area contributed by atoms with Crippen LogP contribution >= 0.6 is 11.3 Å². The molecule has 0 aliphatic carbocycles. The van der Waals surface area contributed by atoms with Gasteiger partial charge in [0.1, 0.15) is 5.01 Å². The minimum absolute atomic E-state index is 0.0247. The van der Waals surface area contributed by atoms with Gasteiger partial charge in [-0.15, -0.1) is 11.3 Å². The van der Waals surface area contributed by atoms with Crippen molar-refractivity contribution in [1.29, 1.82) is 0 Å². The molecule has 1 heterocycles. The molecular formula is C8H14N2OS. The number of nitrogens with zero attached hydrogens (tertiary/aromatic N) is 1. The summed E-state index contributed by atoms with van der Waals surface area (Å²) < 4.78 is 5.22. The summed E-state index contributed by atoms with van der Waals surface area (Å²) in [5.41, 5.74) is 6.61. The summed E-state index contributed by atoms with van der Waals surface area (Å²) in [4.78, 5) is 4.32. The van der Waals surface area contributed by atoms with Crippen molar-refractivity contribution in [3.63, 3.8) is 0 Å². The summed E-state index contributed by atoms with van der Waals surface area (Å²) in [5, 5.41) is 2.99. The Labute approximate surface area is 76.6 Å². The van der Waals surface area contributed by atoms with Crippen LogP contribution in [-0.2, 0) is 11.3 Å². The summed E-state index contributed by atoms with van der Waals surface area (Å²) in [5.74, 6) is 0. The van der Waals surface area contributed by atoms with Crippen molar-refractivity contribution in [2.45, 2.75) is 26.5 Å². The van der Waals surface area contributed by atoms with Crippen molar-refractivity contribution in [1.82, 2.24) is 4.98 Å². The molecule has 0 aliphatic rings. The molecule has 0 saturated heterocycles. The fourth-order valence-corrected chi connectivity index (χ4v) is 1.62. The van der Waals surface area contributed by atoms with Crippen LogP contribution in [0, 0.1) is 0 Å². The molecule has 0 aliphatic heterocycles. The van der Waals surface area contributed by atoms with E-state index in [0.717, 1.165) is 17.3 Å². The lowest BCUT2D eigenvalue weighted by molar-refractivity contribution is 0.133. The molecule has 1 atom stereocenters. The van der Waals surface area contributed by atoms with Crippen LogP contribution in [-0.4, -0.2) is 11.6 Å². The zero-order valence-corrected chi connectivity index (χ0v) is 8.23. The Morgan fingerprint density at radius 1 is 1.75 bits per heavy atom. The lowest BCUT2D eigenvalue weighted by atomic mass is 10.3. The maximum Gasteiger partial charge on any atom is 0.119 e. The van der Waals surface area contributed by atoms with E-state index in [1.807, 2.05) is 19.2 Å². The van der Waals surface area contributed by atoms with Crippen molar-refractivity contribution in [2.75, 3.05) is 6.61 Å². The number of ether oxygens (including phenoxy) is 1. The fourth-order valence-electron chi connectivity index (χ4n) is 0.790. The van der Waals surface area contributed by atoms with Gasteiger partial charge in [0.05, 0.1) is 12.3 Å². The first-order valence-electron chi connectivity index (χ1n) is 4.01. The van der Waals surface area contributed by atoms with Crippen LogP contribution in [0.3, 0.4) is 0 Å². The Hall–Kier alpha value is -0.450. The minimum atomic E-state index is 0.0247. The zero-order valence-electron chi connectivity index (χ0n) is 7.41. The molecule has 0 radical (unpaired) electrons. The number of hydrogen-bond donors (Lipinski definition) is 1. The highest BCUT2D eigenvalue weighted by molar-refractivity contribution is 7.09. The molecule has 3 nitrogen and oxygen atoms in total. The zero-order chi connectivity index (χ0) is 8.97. The number of nitrogens with two attached hydrogens (primary N) is 1. The predicted octanol–water partition coefficient (Wildman–Crippen LogP) is 1.70. The first-order chi connectivity index (χ1) is 5.74. The topological polar surface area (TPSA) is 48.1 Å². The number of rotatable bonds is 4. The first-order valence-corrected chi connectivity index (χ1v) is 4.89. The molecule has 2 N–H and O–H groups in total. The van der Waals surface area contributed by atoms with Gasteiger partial charge < -0.3 is 10.5 Å². The third kappa shape index (κ3) is 2.55. The Kier molecular flexibility index (Phi) is 3.65. The Morgan fingerprint density at radius 2 is 2.50 bits per heavy atom. The standard InChI is InChI=1S/C8H14N2OS/c1-3-11-4-8-10-7(5-12-8)6(2)9/h5-6H,3-4,9H2,1-2H3. The average Bonchev–Trinajstić information content (AvgIpc) is 2.48. The van der Waals surface area contributed by atoms with E-state index in [4.69, 9.17) is 10.5 Å². The van der Waals surface area contributed by atoms with Crippen molar-refractivity contribution < 1.29 is 4.74 Å². The van der Waals surface area contributed by atoms with E-state index in [1.54, 1.807) is 11.3 Å². The van der Waals surface area contributed by atoms with E-state index >= 15 is 0 Å². The molecular weight excluding hydrogens is 172 g/mol. The van der Waals surface area contributed by atoms with Crippen LogP contribution in [0.25, 0.3) is 0 Å². The van der Waals surface area contributed by atoms with Crippen molar-refractivity contribution in [3.8, 4) is 0 Å². The highest BCUT2D eigenvalue weighted by atomic mass is 32.1.